The number of likely N-dealkylation sites (tertiary alicyclic amines) is 1. The van der Waals surface area contributed by atoms with Crippen LogP contribution in [0, 0.1) is 0 Å². The average Bonchev–Trinajstić information content (AvgIpc) is 3.36. The maximum absolute atomic E-state index is 13.1. The smallest absolute Gasteiger partial charge is 0.295 e. The van der Waals surface area contributed by atoms with Crippen LogP contribution >= 0.6 is 11.3 Å². The zero-order valence-corrected chi connectivity index (χ0v) is 18.0. The second kappa shape index (κ2) is 8.73. The predicted octanol–water partition coefficient (Wildman–Crippen LogP) is 4.55. The Morgan fingerprint density at radius 2 is 1.94 bits per heavy atom. The molecule has 1 aromatic carbocycles. The Labute approximate surface area is 184 Å². The molecule has 31 heavy (non-hydrogen) atoms. The molecule has 7 heteroatoms. The van der Waals surface area contributed by atoms with Gasteiger partial charge in [-0.1, -0.05) is 18.2 Å². The summed E-state index contributed by atoms with van der Waals surface area (Å²) < 4.78 is 5.72. The van der Waals surface area contributed by atoms with Crippen molar-refractivity contribution < 1.29 is 19.4 Å². The molecule has 1 aliphatic rings. The Bertz CT molecular complexity index is 1120. The number of amides is 1. The molecule has 3 aromatic rings. The van der Waals surface area contributed by atoms with Gasteiger partial charge in [0.1, 0.15) is 11.5 Å². The summed E-state index contributed by atoms with van der Waals surface area (Å²) in [5.41, 5.74) is 1.20. The fourth-order valence-electron chi connectivity index (χ4n) is 3.65. The van der Waals surface area contributed by atoms with Crippen LogP contribution in [-0.2, 0) is 16.1 Å². The van der Waals surface area contributed by atoms with Crippen molar-refractivity contribution in [2.45, 2.75) is 32.5 Å². The summed E-state index contributed by atoms with van der Waals surface area (Å²) in [6.07, 6.45) is 3.18. The fourth-order valence-corrected chi connectivity index (χ4v) is 4.35. The highest BCUT2D eigenvalue weighted by atomic mass is 32.1. The van der Waals surface area contributed by atoms with Crippen LogP contribution in [0.4, 0.5) is 0 Å². The molecule has 0 radical (unpaired) electrons. The number of carbonyl (C=O) groups is 2. The van der Waals surface area contributed by atoms with Gasteiger partial charge in [-0.05, 0) is 55.1 Å². The lowest BCUT2D eigenvalue weighted by Gasteiger charge is -2.24. The van der Waals surface area contributed by atoms with Crippen LogP contribution in [-0.4, -0.2) is 32.8 Å². The highest BCUT2D eigenvalue weighted by Crippen LogP contribution is 2.40. The summed E-state index contributed by atoms with van der Waals surface area (Å²) in [6.45, 7) is 4.10. The Kier molecular flexibility index (Phi) is 5.86. The first-order chi connectivity index (χ1) is 15.0. The van der Waals surface area contributed by atoms with Gasteiger partial charge >= 0.3 is 0 Å². The number of aromatic nitrogens is 1. The van der Waals surface area contributed by atoms with Crippen LogP contribution in [0.25, 0.3) is 5.76 Å². The lowest BCUT2D eigenvalue weighted by Crippen LogP contribution is -2.28. The van der Waals surface area contributed by atoms with Gasteiger partial charge in [-0.15, -0.1) is 11.3 Å². The zero-order chi connectivity index (χ0) is 22.0. The standard InChI is InChI=1S/C24H22N2O4S/c1-15(2)30-18-6-3-5-17(13-18)22(27)20-21(16-8-10-25-11-9-16)26(24(29)23(20)28)14-19-7-4-12-31-19/h3-13,15,21,27H,14H2,1-2H3/b22-20-. The molecule has 1 aliphatic heterocycles. The third kappa shape index (κ3) is 4.22. The molecule has 1 atom stereocenters. The summed E-state index contributed by atoms with van der Waals surface area (Å²) in [6, 6.07) is 13.5. The van der Waals surface area contributed by atoms with Crippen LogP contribution in [0.3, 0.4) is 0 Å². The van der Waals surface area contributed by atoms with Gasteiger partial charge in [0.25, 0.3) is 11.7 Å². The normalized spacial score (nSPS) is 18.0. The Morgan fingerprint density at radius 3 is 2.61 bits per heavy atom. The van der Waals surface area contributed by atoms with Gasteiger partial charge in [0, 0.05) is 22.8 Å². The molecule has 1 amide bonds. The summed E-state index contributed by atoms with van der Waals surface area (Å²) in [5.74, 6) is -0.979. The molecule has 0 aliphatic carbocycles. The number of aliphatic hydroxyl groups is 1. The maximum Gasteiger partial charge on any atom is 0.295 e. The third-order valence-electron chi connectivity index (χ3n) is 4.95. The minimum Gasteiger partial charge on any atom is -0.507 e. The van der Waals surface area contributed by atoms with Crippen molar-refractivity contribution in [2.75, 3.05) is 0 Å². The molecule has 4 rings (SSSR count). The fraction of sp³-hybridized carbons (Fsp3) is 0.208. The van der Waals surface area contributed by atoms with E-state index in [0.717, 1.165) is 4.88 Å². The summed E-state index contributed by atoms with van der Waals surface area (Å²) in [4.78, 5) is 32.5. The van der Waals surface area contributed by atoms with E-state index in [1.54, 1.807) is 48.8 Å². The average molecular weight is 435 g/mol. The summed E-state index contributed by atoms with van der Waals surface area (Å²) >= 11 is 1.51. The van der Waals surface area contributed by atoms with E-state index in [1.165, 1.54) is 16.2 Å². The molecule has 1 saturated heterocycles. The second-order valence-electron chi connectivity index (χ2n) is 7.48. The number of nitrogens with zero attached hydrogens (tertiary/aromatic N) is 2. The van der Waals surface area contributed by atoms with Gasteiger partial charge in [-0.25, -0.2) is 0 Å². The molecule has 6 nitrogen and oxygen atoms in total. The number of rotatable bonds is 6. The largest absolute Gasteiger partial charge is 0.507 e. The second-order valence-corrected chi connectivity index (χ2v) is 8.51. The Hall–Kier alpha value is -3.45. The Morgan fingerprint density at radius 1 is 1.16 bits per heavy atom. The highest BCUT2D eigenvalue weighted by Gasteiger charge is 2.46. The molecule has 1 fully saturated rings. The predicted molar refractivity (Wildman–Crippen MR) is 119 cm³/mol. The van der Waals surface area contributed by atoms with Crippen molar-refractivity contribution >= 4 is 28.8 Å². The molecular weight excluding hydrogens is 412 g/mol. The first kappa shape index (κ1) is 20.8. The molecule has 0 saturated carbocycles. The first-order valence-corrected chi connectivity index (χ1v) is 10.8. The van der Waals surface area contributed by atoms with Crippen molar-refractivity contribution in [1.29, 1.82) is 0 Å². The van der Waals surface area contributed by atoms with Crippen molar-refractivity contribution in [3.05, 3.63) is 87.9 Å². The van der Waals surface area contributed by atoms with E-state index < -0.39 is 17.7 Å². The van der Waals surface area contributed by atoms with E-state index in [9.17, 15) is 14.7 Å². The first-order valence-electron chi connectivity index (χ1n) is 9.93. The van der Waals surface area contributed by atoms with E-state index in [2.05, 4.69) is 4.98 Å². The topological polar surface area (TPSA) is 79.7 Å². The number of pyridine rings is 1. The van der Waals surface area contributed by atoms with E-state index in [-0.39, 0.29) is 24.0 Å². The lowest BCUT2D eigenvalue weighted by molar-refractivity contribution is -0.140. The molecule has 1 unspecified atom stereocenters. The SMILES string of the molecule is CC(C)Oc1cccc(/C(O)=C2/C(=O)C(=O)N(Cc3cccs3)C2c2ccncc2)c1. The number of hydrogen-bond donors (Lipinski definition) is 1. The van der Waals surface area contributed by atoms with Crippen LogP contribution < -0.4 is 4.74 Å². The summed E-state index contributed by atoms with van der Waals surface area (Å²) in [7, 11) is 0. The number of aliphatic hydroxyl groups excluding tert-OH is 1. The third-order valence-corrected chi connectivity index (χ3v) is 5.81. The van der Waals surface area contributed by atoms with Crippen LogP contribution in [0.1, 0.15) is 35.9 Å². The molecular formula is C24H22N2O4S. The van der Waals surface area contributed by atoms with Gasteiger partial charge in [0.2, 0.25) is 0 Å². The van der Waals surface area contributed by atoms with Crippen molar-refractivity contribution in [3.63, 3.8) is 0 Å². The molecule has 0 bridgehead atoms. The van der Waals surface area contributed by atoms with Gasteiger partial charge in [-0.2, -0.15) is 0 Å². The quantitative estimate of drug-likeness (QED) is 0.350. The van der Waals surface area contributed by atoms with E-state index in [4.69, 9.17) is 4.74 Å². The zero-order valence-electron chi connectivity index (χ0n) is 17.2. The van der Waals surface area contributed by atoms with E-state index >= 15 is 0 Å². The lowest BCUT2D eigenvalue weighted by atomic mass is 9.96. The van der Waals surface area contributed by atoms with Gasteiger partial charge in [0.05, 0.1) is 24.3 Å². The van der Waals surface area contributed by atoms with Crippen LogP contribution in [0.5, 0.6) is 5.75 Å². The number of ketones is 1. The van der Waals surface area contributed by atoms with E-state index in [1.807, 2.05) is 31.4 Å². The number of carbonyl (C=O) groups excluding carboxylic acids is 2. The molecule has 0 spiro atoms. The van der Waals surface area contributed by atoms with Crippen LogP contribution in [0.2, 0.25) is 0 Å². The monoisotopic (exact) mass is 434 g/mol. The molecule has 2 aromatic heterocycles. The number of Topliss-reactive ketones (excluding diaryl/α,β-unsaturated/α-hetero) is 1. The van der Waals surface area contributed by atoms with Crippen molar-refractivity contribution in [3.8, 4) is 5.75 Å². The molecule has 3 heterocycles. The van der Waals surface area contributed by atoms with Crippen molar-refractivity contribution in [1.82, 2.24) is 9.88 Å². The van der Waals surface area contributed by atoms with Gasteiger partial charge in [0.15, 0.2) is 0 Å². The number of hydrogen-bond acceptors (Lipinski definition) is 6. The van der Waals surface area contributed by atoms with Gasteiger partial charge < -0.3 is 14.7 Å². The maximum atomic E-state index is 13.1. The minimum atomic E-state index is -0.709. The van der Waals surface area contributed by atoms with Crippen molar-refractivity contribution in [2.24, 2.45) is 0 Å². The molecule has 158 valence electrons. The minimum absolute atomic E-state index is 0.0365. The van der Waals surface area contributed by atoms with Gasteiger partial charge in [-0.3, -0.25) is 14.6 Å². The Balaban J connectivity index is 1.82. The number of ether oxygens (including phenoxy) is 1. The molecule has 1 N–H and O–H groups in total. The number of thiophene rings is 1. The highest BCUT2D eigenvalue weighted by molar-refractivity contribution is 7.09. The summed E-state index contributed by atoms with van der Waals surface area (Å²) in [5, 5.41) is 13.1. The van der Waals surface area contributed by atoms with E-state index in [0.29, 0.717) is 16.9 Å². The van der Waals surface area contributed by atoms with Crippen LogP contribution in [0.15, 0.2) is 71.9 Å². The number of benzene rings is 1.